The number of carbonyl (C=O) groups excluding carboxylic acids is 5. The van der Waals surface area contributed by atoms with Crippen molar-refractivity contribution in [3.8, 4) is 17.2 Å². The second-order valence-electron chi connectivity index (χ2n) is 12.4. The molecule has 0 saturated heterocycles. The molecule has 2 unspecified atom stereocenters. The van der Waals surface area contributed by atoms with E-state index in [0.717, 1.165) is 0 Å². The minimum atomic E-state index is -2.79. The van der Waals surface area contributed by atoms with E-state index in [4.69, 9.17) is 5.73 Å². The number of hydrogen-bond donors (Lipinski definition) is 6. The highest BCUT2D eigenvalue weighted by molar-refractivity contribution is 6.32. The molecule has 2 aromatic rings. The van der Waals surface area contributed by atoms with Crippen molar-refractivity contribution >= 4 is 34.7 Å². The van der Waals surface area contributed by atoms with Gasteiger partial charge < -0.3 is 36.4 Å². The number of nitrogens with two attached hydrogens (primary N) is 1. The molecule has 5 rings (SSSR count). The molecule has 0 bridgehead atoms. The van der Waals surface area contributed by atoms with Crippen molar-refractivity contribution in [1.82, 2.24) is 10.2 Å². The smallest absolute Gasteiger partial charge is 0.235 e. The molecule has 234 valence electrons. The van der Waals surface area contributed by atoms with Crippen LogP contribution in [0, 0.1) is 23.7 Å². The first kappa shape index (κ1) is 31.1. The zero-order valence-electron chi connectivity index (χ0n) is 24.8. The number of likely N-dealkylation sites (N-methyl/N-ethyl adjacent to an activating group) is 1. The van der Waals surface area contributed by atoms with Crippen LogP contribution in [0.4, 0.5) is 5.69 Å². The second kappa shape index (κ2) is 11.0. The first-order chi connectivity index (χ1) is 20.6. The van der Waals surface area contributed by atoms with Gasteiger partial charge in [-0.2, -0.15) is 0 Å². The molecular weight excluding hydrogens is 572 g/mol. The van der Waals surface area contributed by atoms with E-state index in [1.807, 2.05) is 0 Å². The van der Waals surface area contributed by atoms with Crippen molar-refractivity contribution in [2.45, 2.75) is 37.6 Å². The Labute approximate surface area is 253 Å². The Kier molecular flexibility index (Phi) is 7.77. The fourth-order valence-corrected chi connectivity index (χ4v) is 7.26. The van der Waals surface area contributed by atoms with Crippen molar-refractivity contribution in [2.24, 2.45) is 29.4 Å². The van der Waals surface area contributed by atoms with Crippen molar-refractivity contribution in [3.05, 3.63) is 46.5 Å². The lowest BCUT2D eigenvalue weighted by Gasteiger charge is -2.52. The van der Waals surface area contributed by atoms with Gasteiger partial charge in [0.2, 0.25) is 5.91 Å². The number of carbonyl (C=O) groups is 5. The van der Waals surface area contributed by atoms with Crippen molar-refractivity contribution in [3.63, 3.8) is 0 Å². The maximum atomic E-state index is 14.1. The average Bonchev–Trinajstić information content (AvgIpc) is 2.93. The molecule has 2 fully saturated rings. The summed E-state index contributed by atoms with van der Waals surface area (Å²) in [5.74, 6) is -11.5. The predicted octanol–water partition coefficient (Wildman–Crippen LogP) is -0.366. The number of aromatic hydroxyl groups is 3. The number of rotatable bonds is 7. The summed E-state index contributed by atoms with van der Waals surface area (Å²) in [6.45, 7) is 0.344. The van der Waals surface area contributed by atoms with Crippen LogP contribution in [-0.4, -0.2) is 94.2 Å². The average molecular weight is 609 g/mol. The van der Waals surface area contributed by atoms with Crippen LogP contribution >= 0.6 is 0 Å². The lowest BCUT2D eigenvalue weighted by Crippen LogP contribution is -2.74. The van der Waals surface area contributed by atoms with Crippen LogP contribution in [0.3, 0.4) is 0 Å². The fraction of sp³-hybridized carbons (Fsp3) is 0.452. The van der Waals surface area contributed by atoms with Crippen molar-refractivity contribution in [1.29, 1.82) is 0 Å². The molecule has 2 saturated carbocycles. The Morgan fingerprint density at radius 2 is 1.68 bits per heavy atom. The van der Waals surface area contributed by atoms with Gasteiger partial charge in [-0.15, -0.1) is 0 Å². The molecule has 13 nitrogen and oxygen atoms in total. The van der Waals surface area contributed by atoms with E-state index in [-0.39, 0.29) is 48.7 Å². The van der Waals surface area contributed by atoms with Crippen LogP contribution in [0.25, 0.3) is 0 Å². The number of benzene rings is 2. The molecule has 0 spiro atoms. The quantitative estimate of drug-likeness (QED) is 0.176. The molecule has 0 heterocycles. The molecule has 13 heteroatoms. The van der Waals surface area contributed by atoms with Gasteiger partial charge in [-0.25, -0.2) is 0 Å². The first-order valence-corrected chi connectivity index (χ1v) is 14.2. The Morgan fingerprint density at radius 1 is 1.00 bits per heavy atom. The summed E-state index contributed by atoms with van der Waals surface area (Å²) in [5.41, 5.74) is 4.65. The number of primary amides is 1. The summed E-state index contributed by atoms with van der Waals surface area (Å²) in [7, 11) is 6.62. The summed E-state index contributed by atoms with van der Waals surface area (Å²) in [6.07, 6.45) is 0.133. The number of nitrogens with zero attached hydrogens (tertiary/aromatic N) is 2. The standard InChI is InChI=1S/C31H36N4O9/c1-34(2)18-10-15(12-33-11-13-5-6-19(36)20(37)7-13)25(38)22-16(18)8-14-9-17-24(35(3)4)27(40)23(30(32)43)29(42)31(17,44)28(41)21(14)26(22)39/h5-7,10,14,17,21,23-24,33,36-38,44H,8-9,11-12H2,1-4H3,(H2,32,43)/t14-,17-,21?,23?,24-,31-/m0/s1. The SMILES string of the molecule is CN(C)c1cc(CNCc2ccc(O)c(O)c2)c(O)c2c1C[C@H]1C[C@H]3[C@H](N(C)C)C(=O)C(C(N)=O)C(=O)[C@@]3(O)C(=O)C1C2=O. The number of anilines is 1. The minimum Gasteiger partial charge on any atom is -0.507 e. The maximum Gasteiger partial charge on any atom is 0.235 e. The van der Waals surface area contributed by atoms with Crippen LogP contribution in [0.5, 0.6) is 17.2 Å². The van der Waals surface area contributed by atoms with Gasteiger partial charge in [0.25, 0.3) is 0 Å². The topological polar surface area (TPSA) is 211 Å². The van der Waals surface area contributed by atoms with Crippen LogP contribution in [0.15, 0.2) is 24.3 Å². The number of Topliss-reactive ketones (excluding diaryl/α,β-unsaturated/α-hetero) is 4. The number of hydrogen-bond acceptors (Lipinski definition) is 12. The summed E-state index contributed by atoms with van der Waals surface area (Å²) in [6, 6.07) is 4.92. The molecule has 0 radical (unpaired) electrons. The van der Waals surface area contributed by atoms with E-state index in [1.54, 1.807) is 31.1 Å². The van der Waals surface area contributed by atoms with Gasteiger partial charge in [0.05, 0.1) is 17.5 Å². The van der Waals surface area contributed by atoms with Crippen LogP contribution in [0.1, 0.15) is 33.5 Å². The van der Waals surface area contributed by atoms with E-state index in [2.05, 4.69) is 5.32 Å². The Morgan fingerprint density at radius 3 is 2.27 bits per heavy atom. The monoisotopic (exact) mass is 608 g/mol. The van der Waals surface area contributed by atoms with Gasteiger partial charge in [-0.3, -0.25) is 28.9 Å². The van der Waals surface area contributed by atoms with Gasteiger partial charge in [0.15, 0.2) is 46.2 Å². The third-order valence-electron chi connectivity index (χ3n) is 9.28. The maximum absolute atomic E-state index is 14.1. The molecule has 1 amide bonds. The molecule has 3 aliphatic carbocycles. The Balaban J connectivity index is 1.53. The fourth-order valence-electron chi connectivity index (χ4n) is 7.26. The van der Waals surface area contributed by atoms with Crippen LogP contribution in [0.2, 0.25) is 0 Å². The zero-order valence-corrected chi connectivity index (χ0v) is 24.8. The summed E-state index contributed by atoms with van der Waals surface area (Å²) in [4.78, 5) is 70.3. The molecule has 2 aromatic carbocycles. The highest BCUT2D eigenvalue weighted by atomic mass is 16.3. The van der Waals surface area contributed by atoms with E-state index in [1.165, 1.54) is 31.1 Å². The zero-order chi connectivity index (χ0) is 32.4. The van der Waals surface area contributed by atoms with Gasteiger partial charge in [-0.1, -0.05) is 6.07 Å². The largest absolute Gasteiger partial charge is 0.507 e. The molecular formula is C31H36N4O9. The minimum absolute atomic E-state index is 0.0275. The van der Waals surface area contributed by atoms with Gasteiger partial charge in [-0.05, 0) is 62.2 Å². The lowest BCUT2D eigenvalue weighted by molar-refractivity contribution is -0.181. The van der Waals surface area contributed by atoms with Crippen LogP contribution in [-0.2, 0) is 38.7 Å². The van der Waals surface area contributed by atoms with E-state index in [0.29, 0.717) is 22.4 Å². The van der Waals surface area contributed by atoms with Gasteiger partial charge in [0.1, 0.15) is 5.75 Å². The normalized spacial score (nSPS) is 28.0. The molecule has 6 atom stereocenters. The Bertz CT molecular complexity index is 1600. The number of nitrogens with one attached hydrogen (secondary N) is 1. The molecule has 0 aromatic heterocycles. The van der Waals surface area contributed by atoms with E-state index >= 15 is 0 Å². The summed E-state index contributed by atoms with van der Waals surface area (Å²) < 4.78 is 0. The summed E-state index contributed by atoms with van der Waals surface area (Å²) >= 11 is 0. The molecule has 44 heavy (non-hydrogen) atoms. The third kappa shape index (κ3) is 4.62. The number of phenols is 3. The first-order valence-electron chi connectivity index (χ1n) is 14.2. The number of ketones is 4. The number of fused-ring (bicyclic) bond motifs is 3. The highest BCUT2D eigenvalue weighted by Crippen LogP contribution is 2.52. The van der Waals surface area contributed by atoms with Crippen molar-refractivity contribution < 1.29 is 44.4 Å². The van der Waals surface area contributed by atoms with E-state index < -0.39 is 64.4 Å². The summed E-state index contributed by atoms with van der Waals surface area (Å²) in [5, 5.41) is 45.6. The van der Waals surface area contributed by atoms with E-state index in [9.17, 15) is 44.4 Å². The highest BCUT2D eigenvalue weighted by Gasteiger charge is 2.69. The van der Waals surface area contributed by atoms with Gasteiger partial charge >= 0.3 is 0 Å². The molecule has 7 N–H and O–H groups in total. The predicted molar refractivity (Wildman–Crippen MR) is 156 cm³/mol. The molecule has 0 aliphatic heterocycles. The lowest BCUT2D eigenvalue weighted by atomic mass is 9.52. The molecule has 3 aliphatic rings. The number of aliphatic hydroxyl groups is 1. The number of phenolic OH excluding ortho intramolecular Hbond substituents is 3. The second-order valence-corrected chi connectivity index (χ2v) is 12.4. The number of amides is 1. The third-order valence-corrected chi connectivity index (χ3v) is 9.28. The Hall–Kier alpha value is -4.33. The van der Waals surface area contributed by atoms with Crippen LogP contribution < -0.4 is 16.0 Å². The van der Waals surface area contributed by atoms with Gasteiger partial charge in [0, 0.05) is 44.4 Å². The van der Waals surface area contributed by atoms with Crippen molar-refractivity contribution in [2.75, 3.05) is 33.1 Å².